The van der Waals surface area contributed by atoms with E-state index in [4.69, 9.17) is 0 Å². The molecule has 3 aliphatic rings. The van der Waals surface area contributed by atoms with Gasteiger partial charge in [-0.05, 0) is 112 Å². The van der Waals surface area contributed by atoms with Gasteiger partial charge < -0.3 is 9.80 Å². The number of carbonyl (C=O) groups is 2. The van der Waals surface area contributed by atoms with Gasteiger partial charge in [-0.25, -0.2) is 32.5 Å². The number of aromatic nitrogens is 2. The SMILES string of the molecule is CCCCC(C)CCC(=O)N1CCC2C(=C(F)N=CN2c2cc(F)ccc2C(=O)Nc2ncc3c(n2)CCC(NS(=O)(=O)c2c(C)c(C)cc(C)c2C)C3)C1. The molecule has 3 aromatic rings. The summed E-state index contributed by atoms with van der Waals surface area (Å²) in [4.78, 5) is 43.4. The number of hydrogen-bond donors (Lipinski definition) is 2. The lowest BCUT2D eigenvalue weighted by molar-refractivity contribution is -0.131. The molecule has 55 heavy (non-hydrogen) atoms. The molecule has 3 unspecified atom stereocenters. The smallest absolute Gasteiger partial charge is 0.260 e. The molecule has 0 bridgehead atoms. The molecule has 2 aromatic carbocycles. The van der Waals surface area contributed by atoms with E-state index in [1.165, 1.54) is 24.5 Å². The van der Waals surface area contributed by atoms with Gasteiger partial charge in [-0.2, -0.15) is 4.39 Å². The molecule has 1 fully saturated rings. The molecule has 0 radical (unpaired) electrons. The zero-order chi connectivity index (χ0) is 39.6. The first-order chi connectivity index (χ1) is 26.2. The highest BCUT2D eigenvalue weighted by Gasteiger charge is 2.37. The second-order valence-corrected chi connectivity index (χ2v) is 17.0. The number of anilines is 2. The van der Waals surface area contributed by atoms with E-state index in [2.05, 4.69) is 38.8 Å². The predicted molar refractivity (Wildman–Crippen MR) is 210 cm³/mol. The van der Waals surface area contributed by atoms with Crippen LogP contribution in [-0.4, -0.2) is 66.6 Å². The summed E-state index contributed by atoms with van der Waals surface area (Å²) < 4.78 is 60.0. The molecule has 0 saturated carbocycles. The lowest BCUT2D eigenvalue weighted by atomic mass is 9.93. The third kappa shape index (κ3) is 8.80. The van der Waals surface area contributed by atoms with Gasteiger partial charge in [-0.1, -0.05) is 39.2 Å². The van der Waals surface area contributed by atoms with Crippen LogP contribution in [0.1, 0.15) is 103 Å². The Balaban J connectivity index is 1.13. The van der Waals surface area contributed by atoms with Crippen molar-refractivity contribution in [2.24, 2.45) is 10.9 Å². The summed E-state index contributed by atoms with van der Waals surface area (Å²) in [5.41, 5.74) is 5.39. The summed E-state index contributed by atoms with van der Waals surface area (Å²) >= 11 is 0. The first-order valence-corrected chi connectivity index (χ1v) is 20.7. The van der Waals surface area contributed by atoms with Gasteiger partial charge in [0.15, 0.2) is 0 Å². The molecule has 6 rings (SSSR count). The lowest BCUT2D eigenvalue weighted by Crippen LogP contribution is -2.50. The van der Waals surface area contributed by atoms with Crippen molar-refractivity contribution in [3.63, 3.8) is 0 Å². The molecule has 11 nitrogen and oxygen atoms in total. The van der Waals surface area contributed by atoms with E-state index in [1.807, 2.05) is 33.8 Å². The van der Waals surface area contributed by atoms with E-state index >= 15 is 4.39 Å². The van der Waals surface area contributed by atoms with Gasteiger partial charge in [-0.3, -0.25) is 14.9 Å². The molecular weight excluding hydrogens is 725 g/mol. The van der Waals surface area contributed by atoms with Crippen molar-refractivity contribution < 1.29 is 26.8 Å². The number of unbranched alkanes of at least 4 members (excludes halogenated alkanes) is 1. The van der Waals surface area contributed by atoms with Crippen LogP contribution in [0, 0.1) is 39.4 Å². The number of carbonyl (C=O) groups excluding carboxylic acids is 2. The van der Waals surface area contributed by atoms with Crippen LogP contribution in [0.2, 0.25) is 0 Å². The number of halogens is 2. The van der Waals surface area contributed by atoms with E-state index in [0.717, 1.165) is 53.5 Å². The largest absolute Gasteiger partial charge is 0.338 e. The maximum atomic E-state index is 15.2. The Bertz CT molecular complexity index is 2130. The Hall–Kier alpha value is -4.56. The highest BCUT2D eigenvalue weighted by molar-refractivity contribution is 7.89. The fourth-order valence-corrected chi connectivity index (χ4v) is 9.79. The minimum atomic E-state index is -3.79. The quantitative estimate of drug-likeness (QED) is 0.186. The first-order valence-electron chi connectivity index (χ1n) is 19.2. The standard InChI is InChI=1S/C41H51F2N7O4S/c1-7-8-9-24(2)10-15-37(51)49-17-16-35-33(22-49)39(43)45-23-50(35)36-20-30(42)11-13-32(36)40(52)47-41-44-21-29-19-31(12-14-34(29)46-41)48-55(53,54)38-27(5)25(3)18-26(4)28(38)6/h11,13,18,20-21,23-24,31,35,48H,7-10,12,14-17,19,22H2,1-6H3,(H,44,46,47,52). The van der Waals surface area contributed by atoms with Crippen LogP contribution in [0.5, 0.6) is 0 Å². The van der Waals surface area contributed by atoms with Crippen LogP contribution in [0.4, 0.5) is 20.4 Å². The molecule has 14 heteroatoms. The van der Waals surface area contributed by atoms with Gasteiger partial charge in [0.1, 0.15) is 5.82 Å². The van der Waals surface area contributed by atoms with E-state index < -0.39 is 33.7 Å². The van der Waals surface area contributed by atoms with Crippen molar-refractivity contribution in [2.75, 3.05) is 23.3 Å². The molecule has 1 aliphatic carbocycles. The first kappa shape index (κ1) is 40.1. The minimum absolute atomic E-state index is 0.0293. The molecule has 0 spiro atoms. The number of rotatable bonds is 12. The second kappa shape index (κ2) is 16.7. The van der Waals surface area contributed by atoms with Gasteiger partial charge in [0.05, 0.1) is 28.5 Å². The van der Waals surface area contributed by atoms with Crippen molar-refractivity contribution in [1.82, 2.24) is 19.6 Å². The third-order valence-corrected chi connectivity index (χ3v) is 13.1. The summed E-state index contributed by atoms with van der Waals surface area (Å²) in [5.74, 6) is -1.40. The number of piperidine rings is 1. The van der Waals surface area contributed by atoms with E-state index in [1.54, 1.807) is 16.0 Å². The predicted octanol–water partition coefficient (Wildman–Crippen LogP) is 7.17. The summed E-state index contributed by atoms with van der Waals surface area (Å²) in [6.07, 6.45) is 9.05. The Labute approximate surface area is 322 Å². The number of nitrogens with zero attached hydrogens (tertiary/aromatic N) is 5. The maximum absolute atomic E-state index is 15.2. The minimum Gasteiger partial charge on any atom is -0.338 e. The number of nitrogens with one attached hydrogen (secondary N) is 2. The topological polar surface area (TPSA) is 137 Å². The summed E-state index contributed by atoms with van der Waals surface area (Å²) in [5, 5.41) is 2.73. The summed E-state index contributed by atoms with van der Waals surface area (Å²) in [6.45, 7) is 12.2. The number of amides is 2. The van der Waals surface area contributed by atoms with Crippen molar-refractivity contribution in [1.29, 1.82) is 0 Å². The van der Waals surface area contributed by atoms with Crippen LogP contribution < -0.4 is 14.9 Å². The number of benzene rings is 2. The molecule has 1 aromatic heterocycles. The van der Waals surface area contributed by atoms with Gasteiger partial charge in [0.25, 0.3) is 5.91 Å². The van der Waals surface area contributed by atoms with E-state index in [-0.39, 0.29) is 35.7 Å². The monoisotopic (exact) mass is 775 g/mol. The highest BCUT2D eigenvalue weighted by Crippen LogP contribution is 2.35. The Morgan fingerprint density at radius 1 is 1.04 bits per heavy atom. The molecule has 294 valence electrons. The van der Waals surface area contributed by atoms with Crippen LogP contribution in [0.25, 0.3) is 0 Å². The summed E-state index contributed by atoms with van der Waals surface area (Å²) in [7, 11) is -3.79. The lowest BCUT2D eigenvalue weighted by Gasteiger charge is -2.41. The molecule has 3 atom stereocenters. The van der Waals surface area contributed by atoms with Crippen LogP contribution in [0.15, 0.2) is 51.9 Å². The van der Waals surface area contributed by atoms with Crippen LogP contribution in [0.3, 0.4) is 0 Å². The second-order valence-electron chi connectivity index (χ2n) is 15.3. The molecule has 2 amide bonds. The fourth-order valence-electron chi connectivity index (χ4n) is 7.91. The van der Waals surface area contributed by atoms with Crippen molar-refractivity contribution >= 4 is 39.8 Å². The number of sulfonamides is 1. The number of aliphatic imine (C=N–C) groups is 1. The van der Waals surface area contributed by atoms with Crippen molar-refractivity contribution in [3.05, 3.63) is 86.9 Å². The number of aryl methyl sites for hydroxylation is 3. The molecule has 2 N–H and O–H groups in total. The molecule has 3 heterocycles. The molecular formula is C41H51F2N7O4S. The number of likely N-dealkylation sites (tertiary alicyclic amines) is 1. The Morgan fingerprint density at radius 2 is 1.78 bits per heavy atom. The van der Waals surface area contributed by atoms with Crippen molar-refractivity contribution in [3.8, 4) is 0 Å². The van der Waals surface area contributed by atoms with Gasteiger partial charge >= 0.3 is 0 Å². The average molecular weight is 776 g/mol. The normalized spacial score (nSPS) is 18.9. The van der Waals surface area contributed by atoms with Crippen LogP contribution >= 0.6 is 0 Å². The van der Waals surface area contributed by atoms with Gasteiger partial charge in [0, 0.05) is 43.0 Å². The average Bonchev–Trinajstić information content (AvgIpc) is 3.15. The van der Waals surface area contributed by atoms with Gasteiger partial charge in [0.2, 0.25) is 27.8 Å². The van der Waals surface area contributed by atoms with E-state index in [0.29, 0.717) is 60.7 Å². The summed E-state index contributed by atoms with van der Waals surface area (Å²) in [6, 6.07) is 4.82. The number of hydrogen-bond acceptors (Lipinski definition) is 8. The van der Waals surface area contributed by atoms with Crippen molar-refractivity contribution in [2.45, 2.75) is 116 Å². The molecule has 1 saturated heterocycles. The maximum Gasteiger partial charge on any atom is 0.260 e. The van der Waals surface area contributed by atoms with E-state index in [9.17, 15) is 22.4 Å². The van der Waals surface area contributed by atoms with Crippen LogP contribution in [-0.2, 0) is 27.7 Å². The highest BCUT2D eigenvalue weighted by atomic mass is 32.2. The third-order valence-electron chi connectivity index (χ3n) is 11.3. The number of fused-ring (bicyclic) bond motifs is 2. The fraction of sp³-hybridized carbons (Fsp3) is 0.488. The zero-order valence-electron chi connectivity index (χ0n) is 32.5. The Kier molecular flexibility index (Phi) is 12.2. The van der Waals surface area contributed by atoms with Gasteiger partial charge in [-0.15, -0.1) is 0 Å². The zero-order valence-corrected chi connectivity index (χ0v) is 33.3. The molecule has 2 aliphatic heterocycles. The Morgan fingerprint density at radius 3 is 2.51 bits per heavy atom.